The van der Waals surface area contributed by atoms with Gasteiger partial charge in [0.1, 0.15) is 5.58 Å². The molecule has 1 aliphatic carbocycles. The molecule has 0 spiro atoms. The van der Waals surface area contributed by atoms with Crippen LogP contribution in [0.3, 0.4) is 0 Å². The standard InChI is InChI=1S/C13H12O9P2/c14-13-8-4-2-1-3-7(8)9-5-12(22-24(17,18)19)11(21-23(15)16)6-10(9)20-13/h5-6H,1-4H2,(H2-,15,16,17,18,19)/p+1. The zero-order valence-electron chi connectivity index (χ0n) is 12.2. The SMILES string of the molecule is O=c1oc2cc(O[P+](=O)O)c(OP(=O)(O)O)cc2c2c1CCCC2. The Morgan fingerprint density at radius 1 is 1.12 bits per heavy atom. The van der Waals surface area contributed by atoms with E-state index in [1.807, 2.05) is 0 Å². The van der Waals surface area contributed by atoms with Gasteiger partial charge in [-0.3, -0.25) is 9.79 Å². The van der Waals surface area contributed by atoms with Crippen LogP contribution in [0.5, 0.6) is 11.5 Å². The van der Waals surface area contributed by atoms with Crippen LogP contribution in [0.15, 0.2) is 21.3 Å². The number of hydrogen-bond acceptors (Lipinski definition) is 6. The predicted octanol–water partition coefficient (Wildman–Crippen LogP) is 2.17. The molecule has 0 fully saturated rings. The van der Waals surface area contributed by atoms with Crippen molar-refractivity contribution in [3.05, 3.63) is 33.7 Å². The van der Waals surface area contributed by atoms with Crippen LogP contribution in [-0.2, 0) is 22.0 Å². The molecular weight excluding hydrogens is 362 g/mol. The molecule has 128 valence electrons. The van der Waals surface area contributed by atoms with E-state index in [1.165, 1.54) is 6.07 Å². The molecule has 1 heterocycles. The zero-order valence-corrected chi connectivity index (χ0v) is 14.0. The molecule has 1 aromatic carbocycles. The average Bonchev–Trinajstić information content (AvgIpc) is 2.47. The van der Waals surface area contributed by atoms with Gasteiger partial charge in [0.2, 0.25) is 5.75 Å². The normalized spacial score (nSPS) is 15.0. The van der Waals surface area contributed by atoms with Gasteiger partial charge in [0, 0.05) is 21.6 Å². The van der Waals surface area contributed by atoms with E-state index in [-0.39, 0.29) is 5.58 Å². The van der Waals surface area contributed by atoms with E-state index in [2.05, 4.69) is 9.05 Å². The van der Waals surface area contributed by atoms with Crippen molar-refractivity contribution in [2.45, 2.75) is 25.7 Å². The van der Waals surface area contributed by atoms with Crippen LogP contribution in [-0.4, -0.2) is 14.7 Å². The lowest BCUT2D eigenvalue weighted by atomic mass is 9.90. The Morgan fingerprint density at radius 2 is 1.79 bits per heavy atom. The Morgan fingerprint density at radius 3 is 2.42 bits per heavy atom. The van der Waals surface area contributed by atoms with Gasteiger partial charge in [-0.2, -0.15) is 0 Å². The lowest BCUT2D eigenvalue weighted by Crippen LogP contribution is -2.15. The number of phosphoric ester groups is 1. The van der Waals surface area contributed by atoms with Gasteiger partial charge in [-0.05, 0) is 37.3 Å². The van der Waals surface area contributed by atoms with Crippen molar-refractivity contribution in [2.24, 2.45) is 0 Å². The molecule has 0 radical (unpaired) electrons. The van der Waals surface area contributed by atoms with Crippen molar-refractivity contribution in [2.75, 3.05) is 0 Å². The van der Waals surface area contributed by atoms with E-state index in [0.29, 0.717) is 23.8 Å². The largest absolute Gasteiger partial charge is 0.747 e. The summed E-state index contributed by atoms with van der Waals surface area (Å²) >= 11 is 0. The Labute approximate surface area is 136 Å². The minimum absolute atomic E-state index is 0.0885. The maximum Gasteiger partial charge on any atom is 0.747 e. The van der Waals surface area contributed by atoms with E-state index >= 15 is 0 Å². The fraction of sp³-hybridized carbons (Fsp3) is 0.308. The van der Waals surface area contributed by atoms with Gasteiger partial charge in [-0.1, -0.05) is 0 Å². The molecule has 11 heteroatoms. The molecular formula is C13H13O9P2+. The average molecular weight is 375 g/mol. The number of phosphoric acid groups is 1. The molecule has 2 aromatic rings. The van der Waals surface area contributed by atoms with E-state index in [1.54, 1.807) is 0 Å². The van der Waals surface area contributed by atoms with Crippen LogP contribution >= 0.6 is 16.1 Å². The summed E-state index contributed by atoms with van der Waals surface area (Å²) in [7, 11) is -8.03. The van der Waals surface area contributed by atoms with Gasteiger partial charge in [0.25, 0.3) is 0 Å². The second-order valence-electron chi connectivity index (χ2n) is 5.26. The van der Waals surface area contributed by atoms with Crippen molar-refractivity contribution in [3.8, 4) is 11.5 Å². The highest BCUT2D eigenvalue weighted by Crippen LogP contribution is 2.46. The predicted molar refractivity (Wildman–Crippen MR) is 82.3 cm³/mol. The molecule has 0 saturated heterocycles. The van der Waals surface area contributed by atoms with Crippen molar-refractivity contribution in [1.29, 1.82) is 0 Å². The third-order valence-electron chi connectivity index (χ3n) is 3.68. The molecule has 1 unspecified atom stereocenters. The molecule has 0 bridgehead atoms. The fourth-order valence-electron chi connectivity index (χ4n) is 2.81. The summed E-state index contributed by atoms with van der Waals surface area (Å²) in [5, 5.41) is 0.452. The highest BCUT2D eigenvalue weighted by atomic mass is 31.2. The summed E-state index contributed by atoms with van der Waals surface area (Å²) in [6.45, 7) is 0. The third kappa shape index (κ3) is 3.50. The van der Waals surface area contributed by atoms with Gasteiger partial charge in [-0.15, -0.1) is 4.89 Å². The minimum Gasteiger partial charge on any atom is -0.422 e. The van der Waals surface area contributed by atoms with Crippen LogP contribution in [0.2, 0.25) is 0 Å². The number of aryl methyl sites for hydroxylation is 1. The van der Waals surface area contributed by atoms with E-state index in [0.717, 1.165) is 24.5 Å². The van der Waals surface area contributed by atoms with Crippen LogP contribution in [0.4, 0.5) is 0 Å². The fourth-order valence-corrected chi connectivity index (χ4v) is 3.52. The number of rotatable bonds is 4. The summed E-state index contributed by atoms with van der Waals surface area (Å²) in [6, 6.07) is 2.36. The Balaban J connectivity index is 2.26. The summed E-state index contributed by atoms with van der Waals surface area (Å²) < 4.78 is 36.4. The topological polar surface area (TPSA) is 144 Å². The first-order valence-corrected chi connectivity index (χ1v) is 9.62. The van der Waals surface area contributed by atoms with Crippen LogP contribution in [0.25, 0.3) is 11.0 Å². The molecule has 0 aliphatic heterocycles. The van der Waals surface area contributed by atoms with Gasteiger partial charge >= 0.3 is 21.7 Å². The molecule has 0 amide bonds. The Bertz CT molecular complexity index is 927. The van der Waals surface area contributed by atoms with Crippen molar-refractivity contribution < 1.29 is 37.3 Å². The summed E-state index contributed by atoms with van der Waals surface area (Å²) in [5.41, 5.74) is 0.839. The van der Waals surface area contributed by atoms with Crippen LogP contribution in [0.1, 0.15) is 24.0 Å². The molecule has 3 N–H and O–H groups in total. The van der Waals surface area contributed by atoms with Crippen molar-refractivity contribution in [3.63, 3.8) is 0 Å². The molecule has 0 saturated carbocycles. The van der Waals surface area contributed by atoms with E-state index in [9.17, 15) is 13.9 Å². The number of benzene rings is 1. The van der Waals surface area contributed by atoms with Crippen LogP contribution in [0, 0.1) is 0 Å². The quantitative estimate of drug-likeness (QED) is 0.541. The van der Waals surface area contributed by atoms with Crippen molar-refractivity contribution in [1.82, 2.24) is 0 Å². The molecule has 24 heavy (non-hydrogen) atoms. The zero-order chi connectivity index (χ0) is 17.5. The van der Waals surface area contributed by atoms with Gasteiger partial charge in [-0.25, -0.2) is 13.9 Å². The first kappa shape index (κ1) is 17.1. The van der Waals surface area contributed by atoms with Gasteiger partial charge < -0.3 is 8.94 Å². The monoisotopic (exact) mass is 375 g/mol. The molecule has 9 nitrogen and oxygen atoms in total. The molecule has 1 aliphatic rings. The smallest absolute Gasteiger partial charge is 0.422 e. The lowest BCUT2D eigenvalue weighted by Gasteiger charge is -2.17. The maximum absolute atomic E-state index is 12.1. The summed E-state index contributed by atoms with van der Waals surface area (Å²) in [4.78, 5) is 39.0. The number of fused-ring (bicyclic) bond motifs is 3. The summed E-state index contributed by atoms with van der Waals surface area (Å²) in [5.74, 6) is -0.816. The van der Waals surface area contributed by atoms with E-state index < -0.39 is 33.2 Å². The second-order valence-corrected chi connectivity index (χ2v) is 7.08. The highest BCUT2D eigenvalue weighted by molar-refractivity contribution is 7.46. The van der Waals surface area contributed by atoms with Crippen molar-refractivity contribution >= 4 is 27.0 Å². The maximum atomic E-state index is 12.1. The van der Waals surface area contributed by atoms with Crippen LogP contribution < -0.4 is 14.7 Å². The minimum atomic E-state index is -4.92. The Hall–Kier alpha value is -1.76. The first-order valence-electron chi connectivity index (χ1n) is 6.96. The molecule has 3 rings (SSSR count). The lowest BCUT2D eigenvalue weighted by molar-refractivity contribution is 0.279. The molecule has 1 aromatic heterocycles. The second kappa shape index (κ2) is 6.27. The highest BCUT2D eigenvalue weighted by Gasteiger charge is 2.27. The summed E-state index contributed by atoms with van der Waals surface area (Å²) in [6.07, 6.45) is 2.88. The first-order chi connectivity index (χ1) is 11.2. The van der Waals surface area contributed by atoms with E-state index in [4.69, 9.17) is 19.1 Å². The van der Waals surface area contributed by atoms with Gasteiger partial charge in [0.15, 0.2) is 5.75 Å². The Kier molecular flexibility index (Phi) is 4.46. The molecule has 1 atom stereocenters. The number of hydrogen-bond donors (Lipinski definition) is 3. The third-order valence-corrected chi connectivity index (χ3v) is 4.47. The van der Waals surface area contributed by atoms with Gasteiger partial charge in [0.05, 0.1) is 0 Å².